The van der Waals surface area contributed by atoms with Gasteiger partial charge in [-0.3, -0.25) is 9.59 Å². The van der Waals surface area contributed by atoms with Crippen LogP contribution in [0.15, 0.2) is 11.6 Å². The minimum atomic E-state index is -0.931. The van der Waals surface area contributed by atoms with Crippen LogP contribution in [0, 0.1) is 50.2 Å². The third kappa shape index (κ3) is 3.50. The summed E-state index contributed by atoms with van der Waals surface area (Å²) in [5.41, 5.74) is -0.524. The van der Waals surface area contributed by atoms with E-state index in [4.69, 9.17) is 4.74 Å². The highest BCUT2D eigenvalue weighted by atomic mass is 16.5. The molecule has 5 aliphatic rings. The van der Waals surface area contributed by atoms with Crippen LogP contribution in [0.25, 0.3) is 0 Å². The maximum Gasteiger partial charge on any atom is 0.314 e. The monoisotopic (exact) mass is 514 g/mol. The van der Waals surface area contributed by atoms with Gasteiger partial charge in [0.15, 0.2) is 0 Å². The van der Waals surface area contributed by atoms with Crippen molar-refractivity contribution in [1.82, 2.24) is 0 Å². The number of hydrogen-bond donors (Lipinski definition) is 2. The molecule has 0 saturated heterocycles. The van der Waals surface area contributed by atoms with Crippen molar-refractivity contribution in [3.05, 3.63) is 11.6 Å². The number of carboxylic acid groups (broad SMARTS) is 1. The van der Waals surface area contributed by atoms with Gasteiger partial charge < -0.3 is 14.9 Å². The number of carboxylic acids is 1. The lowest BCUT2D eigenvalue weighted by atomic mass is 9.33. The largest absolute Gasteiger partial charge is 0.481 e. The second kappa shape index (κ2) is 8.08. The number of carbonyl (C=O) groups is 2. The number of hydrogen-bond acceptors (Lipinski definition) is 4. The fourth-order valence-corrected chi connectivity index (χ4v) is 11.2. The van der Waals surface area contributed by atoms with Crippen LogP contribution in [0.5, 0.6) is 0 Å². The SMILES string of the molecule is CC(=O)O[C@H]1CC[C@]2(C)[C@H]3CC=C4[C@@H]5CC(C)(C)CC[C@]5(C)CC[C@@]4(C(=O)O)[C@]3(C)C[C@@H](O)[C@H]2C1(C)C. The Labute approximate surface area is 223 Å². The maximum atomic E-state index is 13.6. The molecule has 0 aliphatic heterocycles. The van der Waals surface area contributed by atoms with E-state index in [1.165, 1.54) is 18.9 Å². The van der Waals surface area contributed by atoms with Crippen molar-refractivity contribution in [3.63, 3.8) is 0 Å². The van der Waals surface area contributed by atoms with Crippen LogP contribution in [-0.2, 0) is 14.3 Å². The van der Waals surface area contributed by atoms with Gasteiger partial charge in [-0.15, -0.1) is 0 Å². The summed E-state index contributed by atoms with van der Waals surface area (Å²) >= 11 is 0. The van der Waals surface area contributed by atoms with E-state index < -0.39 is 28.3 Å². The Balaban J connectivity index is 1.63. The molecule has 4 fully saturated rings. The fraction of sp³-hybridized carbons (Fsp3) is 0.875. The summed E-state index contributed by atoms with van der Waals surface area (Å²) in [5.74, 6) is -0.560. The third-order valence-electron chi connectivity index (χ3n) is 13.0. The minimum absolute atomic E-state index is 0.0561. The zero-order valence-electron chi connectivity index (χ0n) is 24.4. The second-order valence-corrected chi connectivity index (χ2v) is 15.9. The van der Waals surface area contributed by atoms with E-state index in [0.717, 1.165) is 38.5 Å². The van der Waals surface area contributed by atoms with E-state index in [1.54, 1.807) is 0 Å². The zero-order valence-corrected chi connectivity index (χ0v) is 24.4. The second-order valence-electron chi connectivity index (χ2n) is 15.9. The molecule has 37 heavy (non-hydrogen) atoms. The summed E-state index contributed by atoms with van der Waals surface area (Å²) in [7, 11) is 0. The van der Waals surface area contributed by atoms with Crippen LogP contribution in [0.2, 0.25) is 0 Å². The van der Waals surface area contributed by atoms with Crippen LogP contribution < -0.4 is 0 Å². The van der Waals surface area contributed by atoms with Crippen molar-refractivity contribution in [2.75, 3.05) is 0 Å². The summed E-state index contributed by atoms with van der Waals surface area (Å²) in [6.45, 7) is 17.4. The molecule has 2 N–H and O–H groups in total. The predicted octanol–water partition coefficient (Wildman–Crippen LogP) is 6.78. The van der Waals surface area contributed by atoms with E-state index in [1.807, 2.05) is 0 Å². The Hall–Kier alpha value is -1.36. The summed E-state index contributed by atoms with van der Waals surface area (Å²) < 4.78 is 5.79. The summed E-state index contributed by atoms with van der Waals surface area (Å²) in [6.07, 6.45) is 9.48. The molecule has 0 aromatic rings. The lowest BCUT2D eigenvalue weighted by molar-refractivity contribution is -0.248. The van der Waals surface area contributed by atoms with Gasteiger partial charge in [-0.25, -0.2) is 0 Å². The Morgan fingerprint density at radius 3 is 2.22 bits per heavy atom. The van der Waals surface area contributed by atoms with E-state index in [9.17, 15) is 19.8 Å². The third-order valence-corrected chi connectivity index (χ3v) is 13.0. The molecule has 0 unspecified atom stereocenters. The summed E-state index contributed by atoms with van der Waals surface area (Å²) in [4.78, 5) is 25.5. The molecule has 5 aliphatic carbocycles. The van der Waals surface area contributed by atoms with Crippen LogP contribution in [0.3, 0.4) is 0 Å². The van der Waals surface area contributed by atoms with Crippen LogP contribution in [0.4, 0.5) is 0 Å². The highest BCUT2D eigenvalue weighted by Gasteiger charge is 2.73. The summed E-state index contributed by atoms with van der Waals surface area (Å²) in [5, 5.41) is 23.1. The van der Waals surface area contributed by atoms with Crippen LogP contribution >= 0.6 is 0 Å². The zero-order chi connectivity index (χ0) is 27.4. The number of fused-ring (bicyclic) bond motifs is 7. The number of ether oxygens (including phenoxy) is 1. The minimum Gasteiger partial charge on any atom is -0.481 e. The molecule has 208 valence electrons. The molecule has 5 nitrogen and oxygen atoms in total. The van der Waals surface area contributed by atoms with E-state index in [0.29, 0.717) is 12.8 Å². The number of aliphatic carboxylic acids is 1. The van der Waals surface area contributed by atoms with E-state index in [-0.39, 0.29) is 46.1 Å². The first-order valence-corrected chi connectivity index (χ1v) is 14.7. The van der Waals surface area contributed by atoms with Crippen molar-refractivity contribution in [1.29, 1.82) is 0 Å². The molecule has 5 heteroatoms. The lowest BCUT2D eigenvalue weighted by Gasteiger charge is -2.71. The number of aliphatic hydroxyl groups excluding tert-OH is 1. The van der Waals surface area contributed by atoms with Gasteiger partial charge >= 0.3 is 11.9 Å². The topological polar surface area (TPSA) is 83.8 Å². The van der Waals surface area contributed by atoms with Gasteiger partial charge in [0.1, 0.15) is 6.10 Å². The van der Waals surface area contributed by atoms with Gasteiger partial charge in [0.25, 0.3) is 0 Å². The molecule has 0 heterocycles. The van der Waals surface area contributed by atoms with Gasteiger partial charge in [-0.05, 0) is 97.2 Å². The standard InChI is InChI=1S/C32H50O5/c1-19(33)37-24-11-12-30(7)23-10-9-20-21-17-27(2,3)13-14-29(21,6)15-16-32(20,26(35)36)31(23,8)18-22(34)25(30)28(24,4)5/h9,21-25,34H,10-18H2,1-8H3,(H,35,36)/t21-,22+,23+,24-,25-,29+,30+,31+,32+/m0/s1. The van der Waals surface area contributed by atoms with Crippen molar-refractivity contribution < 1.29 is 24.5 Å². The van der Waals surface area contributed by atoms with Crippen LogP contribution in [-0.4, -0.2) is 34.4 Å². The average molecular weight is 515 g/mol. The molecular weight excluding hydrogens is 464 g/mol. The van der Waals surface area contributed by atoms with Crippen molar-refractivity contribution in [2.45, 2.75) is 125 Å². The molecule has 0 bridgehead atoms. The molecular formula is C32H50O5. The van der Waals surface area contributed by atoms with Gasteiger partial charge in [-0.1, -0.05) is 60.1 Å². The Bertz CT molecular complexity index is 1030. The number of aliphatic hydroxyl groups is 1. The molecule has 0 aromatic carbocycles. The van der Waals surface area contributed by atoms with Gasteiger partial charge in [0.05, 0.1) is 11.5 Å². The number of esters is 1. The highest BCUT2D eigenvalue weighted by Crippen LogP contribution is 2.76. The van der Waals surface area contributed by atoms with Crippen molar-refractivity contribution in [2.24, 2.45) is 50.2 Å². The quantitative estimate of drug-likeness (QED) is 0.314. The maximum absolute atomic E-state index is 13.6. The molecule has 9 atom stereocenters. The number of rotatable bonds is 2. The van der Waals surface area contributed by atoms with E-state index >= 15 is 0 Å². The van der Waals surface area contributed by atoms with Crippen molar-refractivity contribution in [3.8, 4) is 0 Å². The first kappa shape index (κ1) is 27.2. The Morgan fingerprint density at radius 1 is 0.946 bits per heavy atom. The van der Waals surface area contributed by atoms with Crippen molar-refractivity contribution >= 4 is 11.9 Å². The smallest absolute Gasteiger partial charge is 0.314 e. The normalized spacial score (nSPS) is 49.9. The lowest BCUT2D eigenvalue weighted by Crippen LogP contribution is -2.70. The van der Waals surface area contributed by atoms with Gasteiger partial charge in [0, 0.05) is 12.3 Å². The molecule has 0 radical (unpaired) electrons. The van der Waals surface area contributed by atoms with E-state index in [2.05, 4.69) is 54.5 Å². The van der Waals surface area contributed by atoms with Gasteiger partial charge in [-0.2, -0.15) is 0 Å². The number of allylic oxidation sites excluding steroid dienone is 1. The first-order chi connectivity index (χ1) is 16.9. The molecule has 0 aromatic heterocycles. The molecule has 4 saturated carbocycles. The molecule has 0 amide bonds. The predicted molar refractivity (Wildman–Crippen MR) is 144 cm³/mol. The number of carbonyl (C=O) groups excluding carboxylic acids is 1. The summed E-state index contributed by atoms with van der Waals surface area (Å²) in [6, 6.07) is 0. The molecule has 0 spiro atoms. The molecule has 5 rings (SSSR count). The highest BCUT2D eigenvalue weighted by molar-refractivity contribution is 5.81. The first-order valence-electron chi connectivity index (χ1n) is 14.7. The van der Waals surface area contributed by atoms with Crippen LogP contribution in [0.1, 0.15) is 113 Å². The van der Waals surface area contributed by atoms with Gasteiger partial charge in [0.2, 0.25) is 0 Å². The average Bonchev–Trinajstić information content (AvgIpc) is 2.75. The fourth-order valence-electron chi connectivity index (χ4n) is 11.2. The Kier molecular flexibility index (Phi) is 5.95. The Morgan fingerprint density at radius 2 is 1.59 bits per heavy atom.